The highest BCUT2D eigenvalue weighted by Gasteiger charge is 2.50. The fourth-order valence-electron chi connectivity index (χ4n) is 9.59. The molecule has 1 aromatic heterocycles. The number of alkyl halides is 2. The molecule has 3 aliphatic heterocycles. The van der Waals surface area contributed by atoms with E-state index in [-0.39, 0.29) is 66.4 Å². The Kier molecular flexibility index (Phi) is 18.5. The summed E-state index contributed by atoms with van der Waals surface area (Å²) in [7, 11) is -5.82. The predicted octanol–water partition coefficient (Wildman–Crippen LogP) is 8.50. The lowest BCUT2D eigenvalue weighted by atomic mass is 9.85. The van der Waals surface area contributed by atoms with Crippen molar-refractivity contribution >= 4 is 92.0 Å². The van der Waals surface area contributed by atoms with Crippen molar-refractivity contribution in [3.8, 4) is 11.8 Å². The molecule has 0 bridgehead atoms. The third-order valence-corrected chi connectivity index (χ3v) is 16.4. The second-order valence-corrected chi connectivity index (χ2v) is 23.9. The van der Waals surface area contributed by atoms with Crippen LogP contribution in [0.1, 0.15) is 141 Å². The molecule has 0 aliphatic carbocycles. The van der Waals surface area contributed by atoms with Gasteiger partial charge in [0.1, 0.15) is 18.1 Å². The number of fused-ring (bicyclic) bond motifs is 2. The van der Waals surface area contributed by atoms with Gasteiger partial charge in [0.2, 0.25) is 29.5 Å². The molecule has 2 fully saturated rings. The highest BCUT2D eigenvalue weighted by molar-refractivity contribution is 9.10. The number of benzene rings is 3. The first-order chi connectivity index (χ1) is 35.5. The number of piperidine rings is 1. The standard InChI is InChI=1S/C54H62BrF2N6O10PS/c1-53(2,3)47(60-49(67)44-32-35-31-36(19-25-43(35)75-44)54(56,57)74(71,72)73)52(70)62-29-14-18-42(62)51(69)61(38-22-20-37(55)21-23-38)30-27-45(64)58-28-12-10-8-6-4-5-7-9-11-15-34-16-13-17-39-40(34)33-63(50(39)68)41-24-26-46(65)59-48(41)66/h13,16-17,19-23,25,31-32,41-42,47H,4-10,12,14,18,24,26-30,33H2,1-3H3,(H,58,64)(H,60,67)(H,59,65,66)(H2,71,72,73)/t41?,42-,47?/m0/s1. The molecule has 7 amide bonds. The Bertz CT molecular complexity index is 2950. The molecule has 7 rings (SSSR count). The van der Waals surface area contributed by atoms with Crippen molar-refractivity contribution in [2.24, 2.45) is 5.41 Å². The molecule has 0 saturated carbocycles. The number of hydrogen-bond donors (Lipinski definition) is 5. The number of unbranched alkanes of at least 4 members (excludes halogenated alkanes) is 7. The van der Waals surface area contributed by atoms with Gasteiger partial charge in [0, 0.05) is 77.0 Å². The normalized spacial score (nSPS) is 17.3. The first kappa shape index (κ1) is 56.9. The quantitative estimate of drug-likeness (QED) is 0.0246. The molecule has 2 saturated heterocycles. The molecule has 16 nitrogen and oxygen atoms in total. The summed E-state index contributed by atoms with van der Waals surface area (Å²) < 4.78 is 41.7. The van der Waals surface area contributed by atoms with Gasteiger partial charge >= 0.3 is 13.3 Å². The van der Waals surface area contributed by atoms with Crippen molar-refractivity contribution in [1.29, 1.82) is 0 Å². The zero-order valence-corrected chi connectivity index (χ0v) is 45.4. The number of anilines is 1. The van der Waals surface area contributed by atoms with Crippen molar-refractivity contribution in [3.05, 3.63) is 98.3 Å². The van der Waals surface area contributed by atoms with Crippen molar-refractivity contribution in [1.82, 2.24) is 25.8 Å². The number of amides is 7. The average molecular weight is 1140 g/mol. The van der Waals surface area contributed by atoms with Gasteiger partial charge < -0.3 is 35.1 Å². The van der Waals surface area contributed by atoms with Crippen LogP contribution in [0.15, 0.2) is 71.2 Å². The average Bonchev–Trinajstić information content (AvgIpc) is 4.11. The van der Waals surface area contributed by atoms with Crippen LogP contribution in [-0.2, 0) is 40.7 Å². The van der Waals surface area contributed by atoms with Crippen LogP contribution in [0.3, 0.4) is 0 Å². The van der Waals surface area contributed by atoms with E-state index in [0.29, 0.717) is 48.2 Å². The lowest BCUT2D eigenvalue weighted by molar-refractivity contribution is -0.141. The topological polar surface area (TPSA) is 223 Å². The van der Waals surface area contributed by atoms with Crippen LogP contribution < -0.4 is 20.9 Å². The third-order valence-electron chi connectivity index (χ3n) is 13.7. The fourth-order valence-corrected chi connectivity index (χ4v) is 11.3. The number of halogens is 3. The van der Waals surface area contributed by atoms with Gasteiger partial charge in [-0.1, -0.05) is 92.8 Å². The van der Waals surface area contributed by atoms with Crippen molar-refractivity contribution in [2.75, 3.05) is 24.5 Å². The second-order valence-electron chi connectivity index (χ2n) is 20.2. The third kappa shape index (κ3) is 13.8. The van der Waals surface area contributed by atoms with E-state index in [1.54, 1.807) is 57.2 Å². The van der Waals surface area contributed by atoms with Crippen LogP contribution in [0, 0.1) is 17.3 Å². The van der Waals surface area contributed by atoms with Crippen LogP contribution >= 0.6 is 34.9 Å². The lowest BCUT2D eigenvalue weighted by Crippen LogP contribution is -2.58. The number of likely N-dealkylation sites (tertiary alicyclic amines) is 1. The fraction of sp³-hybridized carbons (Fsp3) is 0.463. The SMILES string of the molecule is CC(C)(C)C(NC(=O)c1cc2cc(C(F)(F)P(=O)(O)O)ccc2s1)C(=O)N1CCC[C@H]1C(=O)N(CCC(=O)NCCCCCCCCCC#Cc1cccc2c1CN(C1CCC(=O)NC1=O)C2=O)c1ccc(Br)cc1. The molecule has 2 unspecified atom stereocenters. The summed E-state index contributed by atoms with van der Waals surface area (Å²) in [5.41, 5.74) is -3.50. The summed E-state index contributed by atoms with van der Waals surface area (Å²) in [6.07, 6.45) is 8.91. The number of carbonyl (C=O) groups is 7. The Hall–Kier alpha value is -5.84. The maximum absolute atomic E-state index is 14.5. The predicted molar refractivity (Wildman–Crippen MR) is 284 cm³/mol. The first-order valence-electron chi connectivity index (χ1n) is 25.2. The van der Waals surface area contributed by atoms with E-state index in [9.17, 15) is 56.7 Å². The van der Waals surface area contributed by atoms with Crippen LogP contribution in [0.2, 0.25) is 0 Å². The molecule has 21 heteroatoms. The van der Waals surface area contributed by atoms with E-state index >= 15 is 0 Å². The van der Waals surface area contributed by atoms with E-state index in [1.807, 2.05) is 6.07 Å². The first-order valence-corrected chi connectivity index (χ1v) is 28.5. The van der Waals surface area contributed by atoms with E-state index < -0.39 is 60.1 Å². The Morgan fingerprint density at radius 2 is 1.65 bits per heavy atom. The van der Waals surface area contributed by atoms with Crippen LogP contribution in [0.25, 0.3) is 10.1 Å². The minimum absolute atomic E-state index is 0.0192. The van der Waals surface area contributed by atoms with Gasteiger partial charge in [-0.3, -0.25) is 43.4 Å². The minimum atomic E-state index is -5.82. The Morgan fingerprint density at radius 3 is 2.35 bits per heavy atom. The molecular weight excluding hydrogens is 1070 g/mol. The largest absolute Gasteiger partial charge is 0.399 e. The molecule has 0 radical (unpaired) electrons. The van der Waals surface area contributed by atoms with Crippen LogP contribution in [-0.4, -0.2) is 98.7 Å². The van der Waals surface area contributed by atoms with Gasteiger partial charge in [0.25, 0.3) is 11.8 Å². The minimum Gasteiger partial charge on any atom is -0.356 e. The maximum Gasteiger partial charge on any atom is 0.399 e. The molecule has 400 valence electrons. The molecular formula is C54H62BrF2N6O10PS. The number of nitrogens with one attached hydrogen (secondary N) is 3. The molecule has 3 aliphatic rings. The van der Waals surface area contributed by atoms with Gasteiger partial charge in [-0.15, -0.1) is 11.3 Å². The number of imide groups is 1. The number of carbonyl (C=O) groups excluding carboxylic acids is 7. The van der Waals surface area contributed by atoms with Crippen LogP contribution in [0.5, 0.6) is 0 Å². The Morgan fingerprint density at radius 1 is 0.947 bits per heavy atom. The summed E-state index contributed by atoms with van der Waals surface area (Å²) in [5.74, 6) is 3.76. The maximum atomic E-state index is 14.5. The summed E-state index contributed by atoms with van der Waals surface area (Å²) in [6, 6.07) is 14.3. The number of rotatable bonds is 20. The van der Waals surface area contributed by atoms with Crippen molar-refractivity contribution in [2.45, 2.75) is 135 Å². The highest BCUT2D eigenvalue weighted by Crippen LogP contribution is 2.59. The Labute approximate surface area is 447 Å². The molecule has 4 aromatic rings. The monoisotopic (exact) mass is 1130 g/mol. The van der Waals surface area contributed by atoms with E-state index in [4.69, 9.17) is 0 Å². The van der Waals surface area contributed by atoms with Crippen molar-refractivity contribution < 1.29 is 56.7 Å². The van der Waals surface area contributed by atoms with Gasteiger partial charge in [0.15, 0.2) is 0 Å². The zero-order chi connectivity index (χ0) is 54.2. The molecule has 0 spiro atoms. The lowest BCUT2D eigenvalue weighted by Gasteiger charge is -2.36. The van der Waals surface area contributed by atoms with Gasteiger partial charge in [-0.05, 0) is 103 Å². The van der Waals surface area contributed by atoms with Gasteiger partial charge in [-0.25, -0.2) is 0 Å². The second kappa shape index (κ2) is 24.4. The molecule has 5 N–H and O–H groups in total. The zero-order valence-electron chi connectivity index (χ0n) is 42.1. The summed E-state index contributed by atoms with van der Waals surface area (Å²) in [4.78, 5) is 116. The summed E-state index contributed by atoms with van der Waals surface area (Å²) in [5, 5.41) is 8.29. The number of thiophene rings is 1. The highest BCUT2D eigenvalue weighted by atomic mass is 79.9. The molecule has 3 atom stereocenters. The summed E-state index contributed by atoms with van der Waals surface area (Å²) >= 11 is 4.41. The smallest absolute Gasteiger partial charge is 0.356 e. The van der Waals surface area contributed by atoms with Crippen LogP contribution in [0.4, 0.5) is 14.5 Å². The number of nitrogens with zero attached hydrogens (tertiary/aromatic N) is 3. The van der Waals surface area contributed by atoms with Crippen molar-refractivity contribution in [3.63, 3.8) is 0 Å². The van der Waals surface area contributed by atoms with E-state index in [1.165, 1.54) is 26.8 Å². The molecule has 3 aromatic carbocycles. The molecule has 4 heterocycles. The Balaban J connectivity index is 0.852. The number of hydrogen-bond acceptors (Lipinski definition) is 9. The van der Waals surface area contributed by atoms with Gasteiger partial charge in [0.05, 0.1) is 4.88 Å². The van der Waals surface area contributed by atoms with E-state index in [0.717, 1.165) is 84.0 Å². The summed E-state index contributed by atoms with van der Waals surface area (Å²) in [6.45, 7) is 6.38. The van der Waals surface area contributed by atoms with E-state index in [2.05, 4.69) is 43.7 Å². The van der Waals surface area contributed by atoms with Gasteiger partial charge in [-0.2, -0.15) is 8.78 Å². The molecule has 75 heavy (non-hydrogen) atoms.